The van der Waals surface area contributed by atoms with E-state index in [1.807, 2.05) is 0 Å². The molecular weight excluding hydrogens is 406 g/mol. The largest absolute Gasteiger partial charge is 0.471 e. The molecule has 0 aliphatic carbocycles. The van der Waals surface area contributed by atoms with Gasteiger partial charge in [0.05, 0.1) is 6.04 Å². The van der Waals surface area contributed by atoms with Crippen LogP contribution in [0.2, 0.25) is 5.02 Å². The average Bonchev–Trinajstić information content (AvgIpc) is 2.66. The zero-order chi connectivity index (χ0) is 21.6. The van der Waals surface area contributed by atoms with E-state index in [-0.39, 0.29) is 28.5 Å². The maximum atomic E-state index is 12.5. The van der Waals surface area contributed by atoms with Gasteiger partial charge in [0.15, 0.2) is 6.61 Å². The van der Waals surface area contributed by atoms with Crippen molar-refractivity contribution in [1.29, 1.82) is 0 Å². The first-order valence-corrected chi connectivity index (χ1v) is 9.19. The third kappa shape index (κ3) is 6.63. The molecule has 0 saturated heterocycles. The fourth-order valence-corrected chi connectivity index (χ4v) is 2.43. The normalized spacial score (nSPS) is 12.0. The summed E-state index contributed by atoms with van der Waals surface area (Å²) in [4.78, 5) is 32.2. The zero-order valence-electron chi connectivity index (χ0n) is 16.1. The fourth-order valence-electron chi connectivity index (χ4n) is 2.20. The second-order valence-corrected chi connectivity index (χ2v) is 6.93. The molecule has 2 heterocycles. The van der Waals surface area contributed by atoms with Crippen LogP contribution < -0.4 is 15.4 Å². The van der Waals surface area contributed by atoms with Crippen LogP contribution in [0.25, 0.3) is 0 Å². The van der Waals surface area contributed by atoms with E-state index in [1.165, 1.54) is 30.6 Å². The van der Waals surface area contributed by atoms with E-state index in [9.17, 15) is 18.4 Å². The van der Waals surface area contributed by atoms with Crippen molar-refractivity contribution in [2.45, 2.75) is 33.2 Å². The Morgan fingerprint density at radius 2 is 1.93 bits per heavy atom. The summed E-state index contributed by atoms with van der Waals surface area (Å²) in [7, 11) is 0. The molecule has 0 fully saturated rings. The number of rotatable bonds is 8. The van der Waals surface area contributed by atoms with Gasteiger partial charge in [-0.25, -0.2) is 18.7 Å². The van der Waals surface area contributed by atoms with Gasteiger partial charge in [0.2, 0.25) is 11.8 Å². The summed E-state index contributed by atoms with van der Waals surface area (Å²) in [5.74, 6) is -0.658. The standard InChI is InChI=1S/C19H21ClF2N4O3/c1-10(2)17(27)26-16-7-12(4-5-23-16)18(28)25-11(3)13-6-14(20)19(24-8-13)29-9-15(21)22/h4-8,10-11,15H,9H2,1-3H3,(H,25,28)(H,23,26,27). The molecule has 0 spiro atoms. The van der Waals surface area contributed by atoms with E-state index in [2.05, 4.69) is 20.6 Å². The summed E-state index contributed by atoms with van der Waals surface area (Å²) in [5, 5.41) is 5.47. The Labute approximate surface area is 171 Å². The number of nitrogens with one attached hydrogen (secondary N) is 2. The number of carbonyl (C=O) groups excluding carboxylic acids is 2. The number of hydrogen-bond acceptors (Lipinski definition) is 5. The highest BCUT2D eigenvalue weighted by Crippen LogP contribution is 2.25. The van der Waals surface area contributed by atoms with Gasteiger partial charge in [-0.15, -0.1) is 0 Å². The van der Waals surface area contributed by atoms with E-state index in [0.717, 1.165) is 0 Å². The predicted octanol–water partition coefficient (Wildman–Crippen LogP) is 3.86. The van der Waals surface area contributed by atoms with E-state index in [0.29, 0.717) is 11.1 Å². The van der Waals surface area contributed by atoms with Crippen LogP contribution in [-0.4, -0.2) is 34.8 Å². The highest BCUT2D eigenvalue weighted by molar-refractivity contribution is 6.31. The van der Waals surface area contributed by atoms with Gasteiger partial charge >= 0.3 is 0 Å². The molecule has 1 atom stereocenters. The van der Waals surface area contributed by atoms with Crippen molar-refractivity contribution in [2.75, 3.05) is 11.9 Å². The van der Waals surface area contributed by atoms with Crippen LogP contribution in [0, 0.1) is 5.92 Å². The maximum Gasteiger partial charge on any atom is 0.272 e. The number of nitrogens with zero attached hydrogens (tertiary/aromatic N) is 2. The monoisotopic (exact) mass is 426 g/mol. The summed E-state index contributed by atoms with van der Waals surface area (Å²) < 4.78 is 29.3. The lowest BCUT2D eigenvalue weighted by atomic mass is 10.1. The molecule has 10 heteroatoms. The third-order valence-corrected chi connectivity index (χ3v) is 4.09. The van der Waals surface area contributed by atoms with Crippen LogP contribution in [0.15, 0.2) is 30.6 Å². The summed E-state index contributed by atoms with van der Waals surface area (Å²) in [6.07, 6.45) is 0.169. The van der Waals surface area contributed by atoms with Gasteiger partial charge in [-0.1, -0.05) is 25.4 Å². The van der Waals surface area contributed by atoms with Gasteiger partial charge in [0.25, 0.3) is 12.3 Å². The lowest BCUT2D eigenvalue weighted by molar-refractivity contribution is -0.118. The summed E-state index contributed by atoms with van der Waals surface area (Å²) in [6.45, 7) is 4.40. The smallest absolute Gasteiger partial charge is 0.272 e. The number of alkyl halides is 2. The third-order valence-electron chi connectivity index (χ3n) is 3.82. The first-order valence-electron chi connectivity index (χ1n) is 8.81. The molecule has 0 aromatic carbocycles. The number of hydrogen-bond donors (Lipinski definition) is 2. The van der Waals surface area contributed by atoms with Crippen molar-refractivity contribution in [3.63, 3.8) is 0 Å². The summed E-state index contributed by atoms with van der Waals surface area (Å²) in [5.41, 5.74) is 0.872. The number of pyridine rings is 2. The van der Waals surface area contributed by atoms with E-state index in [1.54, 1.807) is 20.8 Å². The number of anilines is 1. The van der Waals surface area contributed by atoms with Gasteiger partial charge in [-0.2, -0.15) is 0 Å². The topological polar surface area (TPSA) is 93.2 Å². The number of aromatic nitrogens is 2. The highest BCUT2D eigenvalue weighted by Gasteiger charge is 2.16. The van der Waals surface area contributed by atoms with E-state index < -0.39 is 25.0 Å². The quantitative estimate of drug-likeness (QED) is 0.668. The van der Waals surface area contributed by atoms with Crippen LogP contribution in [0.3, 0.4) is 0 Å². The van der Waals surface area contributed by atoms with Crippen LogP contribution in [0.4, 0.5) is 14.6 Å². The molecule has 0 saturated carbocycles. The molecule has 0 bridgehead atoms. The van der Waals surface area contributed by atoms with E-state index in [4.69, 9.17) is 16.3 Å². The summed E-state index contributed by atoms with van der Waals surface area (Å²) in [6, 6.07) is 3.99. The Morgan fingerprint density at radius 3 is 2.55 bits per heavy atom. The SMILES string of the molecule is CC(C)C(=O)Nc1cc(C(=O)NC(C)c2cnc(OCC(F)F)c(Cl)c2)ccn1. The van der Waals surface area contributed by atoms with Crippen LogP contribution in [0.1, 0.15) is 42.7 Å². The number of ether oxygens (including phenoxy) is 1. The van der Waals surface area contributed by atoms with Crippen molar-refractivity contribution in [3.05, 3.63) is 46.7 Å². The molecule has 2 aromatic rings. The Bertz CT molecular complexity index is 880. The van der Waals surface area contributed by atoms with Crippen LogP contribution in [-0.2, 0) is 4.79 Å². The molecule has 2 rings (SSSR count). The molecule has 1 unspecified atom stereocenters. The molecule has 7 nitrogen and oxygen atoms in total. The minimum Gasteiger partial charge on any atom is -0.471 e. The average molecular weight is 427 g/mol. The summed E-state index contributed by atoms with van der Waals surface area (Å²) >= 11 is 6.01. The molecule has 156 valence electrons. The number of halogens is 3. The first-order chi connectivity index (χ1) is 13.7. The zero-order valence-corrected chi connectivity index (χ0v) is 16.8. The van der Waals surface area contributed by atoms with Crippen molar-refractivity contribution in [1.82, 2.24) is 15.3 Å². The molecule has 2 amide bonds. The van der Waals surface area contributed by atoms with Crippen LogP contribution in [0.5, 0.6) is 5.88 Å². The number of carbonyl (C=O) groups is 2. The molecule has 0 aliphatic rings. The molecule has 0 aliphatic heterocycles. The van der Waals surface area contributed by atoms with Crippen molar-refractivity contribution in [2.24, 2.45) is 5.92 Å². The lowest BCUT2D eigenvalue weighted by Gasteiger charge is -2.16. The van der Waals surface area contributed by atoms with Gasteiger partial charge in [-0.05, 0) is 30.7 Å². The predicted molar refractivity (Wildman–Crippen MR) is 104 cm³/mol. The van der Waals surface area contributed by atoms with Gasteiger partial charge in [0.1, 0.15) is 10.8 Å². The molecule has 0 radical (unpaired) electrons. The van der Waals surface area contributed by atoms with Crippen molar-refractivity contribution < 1.29 is 23.1 Å². The van der Waals surface area contributed by atoms with Crippen LogP contribution >= 0.6 is 11.6 Å². The van der Waals surface area contributed by atoms with Crippen molar-refractivity contribution >= 4 is 29.2 Å². The molecule has 2 aromatic heterocycles. The maximum absolute atomic E-state index is 12.5. The van der Waals surface area contributed by atoms with Gasteiger partial charge in [-0.3, -0.25) is 9.59 Å². The van der Waals surface area contributed by atoms with Gasteiger partial charge < -0.3 is 15.4 Å². The molecule has 2 N–H and O–H groups in total. The minimum atomic E-state index is -2.64. The Kier molecular flexibility index (Phi) is 7.83. The second kappa shape index (κ2) is 10.1. The minimum absolute atomic E-state index is 0.0619. The Hall–Kier alpha value is -2.81. The van der Waals surface area contributed by atoms with E-state index >= 15 is 0 Å². The fraction of sp³-hybridized carbons (Fsp3) is 0.368. The first kappa shape index (κ1) is 22.5. The van der Waals surface area contributed by atoms with Gasteiger partial charge in [0, 0.05) is 23.9 Å². The lowest BCUT2D eigenvalue weighted by Crippen LogP contribution is -2.27. The second-order valence-electron chi connectivity index (χ2n) is 6.53. The Balaban J connectivity index is 2.05. The molecule has 29 heavy (non-hydrogen) atoms. The highest BCUT2D eigenvalue weighted by atomic mass is 35.5. The molecular formula is C19H21ClF2N4O3. The van der Waals surface area contributed by atoms with Crippen molar-refractivity contribution in [3.8, 4) is 5.88 Å². The Morgan fingerprint density at radius 1 is 1.21 bits per heavy atom. The number of amides is 2.